The van der Waals surface area contributed by atoms with Gasteiger partial charge in [0.1, 0.15) is 5.78 Å². The summed E-state index contributed by atoms with van der Waals surface area (Å²) in [5.74, 6) is 0.951. The van der Waals surface area contributed by atoms with Crippen molar-refractivity contribution in [1.82, 2.24) is 0 Å². The van der Waals surface area contributed by atoms with E-state index in [0.29, 0.717) is 5.75 Å². The molecule has 0 N–H and O–H groups in total. The first-order valence-electron chi connectivity index (χ1n) is 3.26. The van der Waals surface area contributed by atoms with E-state index in [2.05, 4.69) is 0 Å². The van der Waals surface area contributed by atoms with Gasteiger partial charge in [0.15, 0.2) is 0 Å². The first-order valence-corrected chi connectivity index (χ1v) is 6.71. The van der Waals surface area contributed by atoms with Crippen molar-refractivity contribution < 1.29 is 4.79 Å². The van der Waals surface area contributed by atoms with Gasteiger partial charge in [-0.3, -0.25) is 4.79 Å². The minimum atomic E-state index is -1.15. The molecule has 0 aliphatic carbocycles. The van der Waals surface area contributed by atoms with E-state index in [9.17, 15) is 4.79 Å². The molecule has 0 radical (unpaired) electrons. The molecular formula is C7H15ClOS. The van der Waals surface area contributed by atoms with E-state index >= 15 is 0 Å². The molecule has 0 aromatic rings. The van der Waals surface area contributed by atoms with Crippen molar-refractivity contribution in [2.24, 2.45) is 5.92 Å². The molecule has 0 unspecified atom stereocenters. The fourth-order valence-corrected chi connectivity index (χ4v) is 1.84. The quantitative estimate of drug-likeness (QED) is 0.656. The number of Topliss-reactive ketones (excluding diaryl/α,β-unsaturated/α-hetero) is 1. The Bertz CT molecular complexity index is 126. The molecule has 0 atom stereocenters. The average Bonchev–Trinajstić information content (AvgIpc) is 1.60. The summed E-state index contributed by atoms with van der Waals surface area (Å²) >= 11 is 0. The normalized spacial score (nSPS) is 13.8. The van der Waals surface area contributed by atoms with Crippen LogP contribution in [0.4, 0.5) is 0 Å². The van der Waals surface area contributed by atoms with Gasteiger partial charge in [0.2, 0.25) is 0 Å². The zero-order valence-electron chi connectivity index (χ0n) is 6.98. The molecule has 1 nitrogen and oxygen atoms in total. The van der Waals surface area contributed by atoms with Crippen LogP contribution in [-0.4, -0.2) is 24.0 Å². The molecule has 0 aliphatic rings. The summed E-state index contributed by atoms with van der Waals surface area (Å²) in [6, 6.07) is 0. The van der Waals surface area contributed by atoms with Crippen molar-refractivity contribution in [2.45, 2.75) is 13.8 Å². The van der Waals surface area contributed by atoms with E-state index in [1.165, 1.54) is 0 Å². The number of ketones is 1. The predicted molar refractivity (Wildman–Crippen MR) is 50.0 cm³/mol. The summed E-state index contributed by atoms with van der Waals surface area (Å²) in [6.07, 6.45) is 3.88. The van der Waals surface area contributed by atoms with Crippen molar-refractivity contribution in [2.75, 3.05) is 18.3 Å². The monoisotopic (exact) mass is 182 g/mol. The smallest absolute Gasteiger partial charge is 0.144 e. The summed E-state index contributed by atoms with van der Waals surface area (Å²) < 4.78 is 0. The number of carbonyl (C=O) groups excluding carboxylic acids is 1. The van der Waals surface area contributed by atoms with Gasteiger partial charge in [0.25, 0.3) is 0 Å². The van der Waals surface area contributed by atoms with Crippen LogP contribution in [0.25, 0.3) is 0 Å². The van der Waals surface area contributed by atoms with Gasteiger partial charge in [-0.15, -0.1) is 0 Å². The average molecular weight is 183 g/mol. The lowest BCUT2D eigenvalue weighted by Crippen LogP contribution is -2.14. The maximum absolute atomic E-state index is 11.1. The SMILES string of the molecule is CC(C)C(=O)CS(C)(C)Cl. The molecule has 0 saturated heterocycles. The first kappa shape index (κ1) is 10.3. The van der Waals surface area contributed by atoms with E-state index < -0.39 is 9.24 Å². The van der Waals surface area contributed by atoms with Crippen molar-refractivity contribution in [3.8, 4) is 0 Å². The molecule has 0 saturated carbocycles. The summed E-state index contributed by atoms with van der Waals surface area (Å²) in [6.45, 7) is 3.81. The zero-order valence-corrected chi connectivity index (χ0v) is 8.55. The van der Waals surface area contributed by atoms with E-state index in [4.69, 9.17) is 10.7 Å². The van der Waals surface area contributed by atoms with Crippen LogP contribution in [0.1, 0.15) is 13.8 Å². The van der Waals surface area contributed by atoms with Gasteiger partial charge >= 0.3 is 0 Å². The van der Waals surface area contributed by atoms with Gasteiger partial charge in [-0.25, -0.2) is 0 Å². The van der Waals surface area contributed by atoms with Crippen LogP contribution in [0.15, 0.2) is 0 Å². The Morgan fingerprint density at radius 1 is 1.50 bits per heavy atom. The van der Waals surface area contributed by atoms with Gasteiger partial charge in [0, 0.05) is 11.7 Å². The standard InChI is InChI=1S/C7H15ClOS/c1-6(2)7(9)5-10(3,4)8/h6H,5H2,1-4H3. The molecule has 0 spiro atoms. The summed E-state index contributed by atoms with van der Waals surface area (Å²) in [5, 5.41) is 0. The molecule has 0 aromatic heterocycles. The second-order valence-electron chi connectivity index (χ2n) is 3.17. The first-order chi connectivity index (χ1) is 4.33. The van der Waals surface area contributed by atoms with E-state index in [1.54, 1.807) is 0 Å². The fraction of sp³-hybridized carbons (Fsp3) is 0.857. The lowest BCUT2D eigenvalue weighted by molar-refractivity contribution is -0.119. The van der Waals surface area contributed by atoms with E-state index in [0.717, 1.165) is 0 Å². The van der Waals surface area contributed by atoms with Crippen LogP contribution in [0.5, 0.6) is 0 Å². The molecule has 0 bridgehead atoms. The van der Waals surface area contributed by atoms with Crippen LogP contribution in [-0.2, 0) is 4.79 Å². The second kappa shape index (κ2) is 3.63. The topological polar surface area (TPSA) is 17.1 Å². The fourth-order valence-electron chi connectivity index (χ4n) is 0.505. The van der Waals surface area contributed by atoms with Crippen LogP contribution in [0, 0.1) is 5.92 Å². The van der Waals surface area contributed by atoms with Crippen LogP contribution < -0.4 is 0 Å². The third-order valence-corrected chi connectivity index (χ3v) is 2.43. The maximum Gasteiger partial charge on any atom is 0.144 e. The highest BCUT2D eigenvalue weighted by molar-refractivity contribution is 8.50. The molecule has 0 aromatic carbocycles. The Morgan fingerprint density at radius 2 is 1.90 bits per heavy atom. The van der Waals surface area contributed by atoms with Crippen molar-refractivity contribution in [3.05, 3.63) is 0 Å². The van der Waals surface area contributed by atoms with Crippen LogP contribution in [0.3, 0.4) is 0 Å². The van der Waals surface area contributed by atoms with E-state index in [-0.39, 0.29) is 11.7 Å². The Balaban J connectivity index is 3.81. The molecule has 0 fully saturated rings. The van der Waals surface area contributed by atoms with Gasteiger partial charge in [-0.05, 0) is 12.5 Å². The van der Waals surface area contributed by atoms with Gasteiger partial charge in [-0.2, -0.15) is 9.24 Å². The highest BCUT2D eigenvalue weighted by atomic mass is 35.7. The van der Waals surface area contributed by atoms with Crippen molar-refractivity contribution in [1.29, 1.82) is 0 Å². The molecule has 0 heterocycles. The van der Waals surface area contributed by atoms with Gasteiger partial charge in [0.05, 0.1) is 0 Å². The molecular weight excluding hydrogens is 168 g/mol. The number of halogens is 1. The lowest BCUT2D eigenvalue weighted by Gasteiger charge is -2.21. The summed E-state index contributed by atoms with van der Waals surface area (Å²) in [5.41, 5.74) is 0. The second-order valence-corrected chi connectivity index (χ2v) is 8.77. The van der Waals surface area contributed by atoms with Crippen molar-refractivity contribution >= 4 is 25.7 Å². The van der Waals surface area contributed by atoms with Gasteiger partial charge in [-0.1, -0.05) is 24.5 Å². The Labute approximate surface area is 69.0 Å². The number of hydrogen-bond donors (Lipinski definition) is 0. The largest absolute Gasteiger partial charge is 0.299 e. The van der Waals surface area contributed by atoms with Crippen LogP contribution in [0.2, 0.25) is 0 Å². The molecule has 62 valence electrons. The molecule has 0 amide bonds. The lowest BCUT2D eigenvalue weighted by atomic mass is 10.1. The molecule has 0 rings (SSSR count). The third-order valence-electron chi connectivity index (χ3n) is 1.13. The highest BCUT2D eigenvalue weighted by Crippen LogP contribution is 2.45. The molecule has 10 heavy (non-hydrogen) atoms. The number of hydrogen-bond acceptors (Lipinski definition) is 1. The highest BCUT2D eigenvalue weighted by Gasteiger charge is 2.15. The Morgan fingerprint density at radius 3 is 2.00 bits per heavy atom. The minimum absolute atomic E-state index is 0.130. The predicted octanol–water partition coefficient (Wildman–Crippen LogP) is 2.43. The molecule has 0 aliphatic heterocycles. The Kier molecular flexibility index (Phi) is 3.74. The van der Waals surface area contributed by atoms with Crippen LogP contribution >= 0.6 is 19.9 Å². The number of rotatable bonds is 3. The summed E-state index contributed by atoms with van der Waals surface area (Å²) in [7, 11) is 4.79. The van der Waals surface area contributed by atoms with E-state index in [1.807, 2.05) is 26.4 Å². The minimum Gasteiger partial charge on any atom is -0.299 e. The third kappa shape index (κ3) is 5.12. The summed E-state index contributed by atoms with van der Waals surface area (Å²) in [4.78, 5) is 11.1. The maximum atomic E-state index is 11.1. The van der Waals surface area contributed by atoms with Crippen molar-refractivity contribution in [3.63, 3.8) is 0 Å². The van der Waals surface area contributed by atoms with Gasteiger partial charge < -0.3 is 0 Å². The molecule has 3 heteroatoms. The number of carbonyl (C=O) groups is 1. The zero-order chi connectivity index (χ0) is 8.36. The Hall–Kier alpha value is 0.310.